The Kier molecular flexibility index (Phi) is 3.99. The largest absolute Gasteiger partial charge is 0.478 e. The van der Waals surface area contributed by atoms with Crippen molar-refractivity contribution in [2.24, 2.45) is 0 Å². The number of hydrogen-bond donors (Lipinski definition) is 1. The van der Waals surface area contributed by atoms with Gasteiger partial charge in [0.1, 0.15) is 0 Å². The second-order valence-electron chi connectivity index (χ2n) is 4.90. The maximum atomic E-state index is 11.0. The normalized spacial score (nSPS) is 11.3. The van der Waals surface area contributed by atoms with E-state index in [1.54, 1.807) is 16.9 Å². The van der Waals surface area contributed by atoms with E-state index >= 15 is 0 Å². The first-order valence-electron chi connectivity index (χ1n) is 6.07. The molecule has 1 aromatic heterocycles. The zero-order valence-electron chi connectivity index (χ0n) is 11.2. The third-order valence-corrected chi connectivity index (χ3v) is 3.00. The molecule has 20 heavy (non-hydrogen) atoms. The van der Waals surface area contributed by atoms with Crippen LogP contribution < -0.4 is 4.74 Å². The van der Waals surface area contributed by atoms with Gasteiger partial charge in [-0.2, -0.15) is 0 Å². The Morgan fingerprint density at radius 2 is 2.00 bits per heavy atom. The van der Waals surface area contributed by atoms with Crippen LogP contribution >= 0.6 is 11.6 Å². The number of halogens is 1. The molecule has 0 aliphatic carbocycles. The van der Waals surface area contributed by atoms with Crippen LogP contribution in [0.5, 0.6) is 5.88 Å². The van der Waals surface area contributed by atoms with Crippen LogP contribution in [0, 0.1) is 0 Å². The fourth-order valence-electron chi connectivity index (χ4n) is 1.57. The zero-order valence-corrected chi connectivity index (χ0v) is 12.0. The van der Waals surface area contributed by atoms with Crippen LogP contribution in [0.1, 0.15) is 19.4 Å². The molecule has 0 amide bonds. The standard InChI is InChI=1S/C14H15ClN2O3/c1-14(2,13(18)19)20-12-7-8-17(16-12)9-10-3-5-11(15)6-4-10/h3-8H,9H2,1-2H3,(H,18,19). The van der Waals surface area contributed by atoms with Gasteiger partial charge in [-0.25, -0.2) is 4.79 Å². The number of carboxylic acid groups (broad SMARTS) is 1. The molecule has 0 aliphatic rings. The Labute approximate surface area is 121 Å². The molecule has 0 unspecified atom stereocenters. The average molecular weight is 295 g/mol. The van der Waals surface area contributed by atoms with E-state index in [1.807, 2.05) is 24.3 Å². The number of rotatable bonds is 5. The van der Waals surface area contributed by atoms with E-state index in [2.05, 4.69) is 5.10 Å². The maximum Gasteiger partial charge on any atom is 0.347 e. The van der Waals surface area contributed by atoms with Crippen molar-refractivity contribution in [2.45, 2.75) is 26.0 Å². The predicted octanol–water partition coefficient (Wildman–Crippen LogP) is 2.83. The monoisotopic (exact) mass is 294 g/mol. The molecule has 2 rings (SSSR count). The highest BCUT2D eigenvalue weighted by Gasteiger charge is 2.30. The summed E-state index contributed by atoms with van der Waals surface area (Å²) < 4.78 is 7.03. The highest BCUT2D eigenvalue weighted by molar-refractivity contribution is 6.30. The molecule has 0 atom stereocenters. The average Bonchev–Trinajstić information content (AvgIpc) is 2.78. The molecule has 2 aromatic rings. The minimum atomic E-state index is -1.31. The Hall–Kier alpha value is -2.01. The molecule has 0 spiro atoms. The first-order chi connectivity index (χ1) is 9.37. The van der Waals surface area contributed by atoms with Crippen LogP contribution in [-0.2, 0) is 11.3 Å². The van der Waals surface area contributed by atoms with Gasteiger partial charge in [-0.1, -0.05) is 23.7 Å². The summed E-state index contributed by atoms with van der Waals surface area (Å²) in [6.45, 7) is 3.52. The molecule has 0 bridgehead atoms. The van der Waals surface area contributed by atoms with E-state index in [1.165, 1.54) is 13.8 Å². The van der Waals surface area contributed by atoms with Crippen molar-refractivity contribution in [1.82, 2.24) is 9.78 Å². The number of benzene rings is 1. The molecule has 1 heterocycles. The van der Waals surface area contributed by atoms with E-state index in [0.29, 0.717) is 11.6 Å². The Morgan fingerprint density at radius 1 is 1.35 bits per heavy atom. The van der Waals surface area contributed by atoms with Gasteiger partial charge in [0.25, 0.3) is 0 Å². The number of carboxylic acids is 1. The number of aliphatic carboxylic acids is 1. The van der Waals surface area contributed by atoms with Gasteiger partial charge in [0.15, 0.2) is 0 Å². The summed E-state index contributed by atoms with van der Waals surface area (Å²) >= 11 is 5.82. The third kappa shape index (κ3) is 3.51. The summed E-state index contributed by atoms with van der Waals surface area (Å²) in [5.41, 5.74) is -0.263. The summed E-state index contributed by atoms with van der Waals surface area (Å²) in [7, 11) is 0. The quantitative estimate of drug-likeness (QED) is 0.921. The summed E-state index contributed by atoms with van der Waals surface area (Å²) in [4.78, 5) is 11.0. The highest BCUT2D eigenvalue weighted by atomic mass is 35.5. The first kappa shape index (κ1) is 14.4. The Balaban J connectivity index is 2.06. The minimum Gasteiger partial charge on any atom is -0.478 e. The van der Waals surface area contributed by atoms with Crippen molar-refractivity contribution < 1.29 is 14.6 Å². The summed E-state index contributed by atoms with van der Waals surface area (Å²) in [6, 6.07) is 9.08. The molecule has 0 aliphatic heterocycles. The zero-order chi connectivity index (χ0) is 14.8. The van der Waals surface area contributed by atoms with Gasteiger partial charge < -0.3 is 9.84 Å². The lowest BCUT2D eigenvalue weighted by molar-refractivity contribution is -0.152. The Bertz CT molecular complexity index is 605. The van der Waals surface area contributed by atoms with Gasteiger partial charge in [-0.3, -0.25) is 4.68 Å². The van der Waals surface area contributed by atoms with E-state index in [-0.39, 0.29) is 5.88 Å². The molecule has 106 valence electrons. The van der Waals surface area contributed by atoms with Crippen LogP contribution in [0.4, 0.5) is 0 Å². The summed E-state index contributed by atoms with van der Waals surface area (Å²) in [5, 5.41) is 13.9. The molecule has 0 saturated heterocycles. The van der Waals surface area contributed by atoms with Crippen LogP contribution in [0.3, 0.4) is 0 Å². The first-order valence-corrected chi connectivity index (χ1v) is 6.45. The third-order valence-electron chi connectivity index (χ3n) is 2.75. The van der Waals surface area contributed by atoms with Crippen molar-refractivity contribution >= 4 is 17.6 Å². The maximum absolute atomic E-state index is 11.0. The van der Waals surface area contributed by atoms with E-state index in [4.69, 9.17) is 21.4 Å². The van der Waals surface area contributed by atoms with Crippen molar-refractivity contribution in [3.05, 3.63) is 47.1 Å². The topological polar surface area (TPSA) is 64.4 Å². The van der Waals surface area contributed by atoms with Crippen molar-refractivity contribution in [3.63, 3.8) is 0 Å². The second-order valence-corrected chi connectivity index (χ2v) is 5.33. The van der Waals surface area contributed by atoms with Crippen molar-refractivity contribution in [1.29, 1.82) is 0 Å². The van der Waals surface area contributed by atoms with Gasteiger partial charge in [0, 0.05) is 17.3 Å². The van der Waals surface area contributed by atoms with Gasteiger partial charge in [0.05, 0.1) is 6.54 Å². The predicted molar refractivity (Wildman–Crippen MR) is 75.1 cm³/mol. The van der Waals surface area contributed by atoms with E-state index < -0.39 is 11.6 Å². The smallest absolute Gasteiger partial charge is 0.347 e. The number of nitrogens with zero attached hydrogens (tertiary/aromatic N) is 2. The molecular weight excluding hydrogens is 280 g/mol. The molecular formula is C14H15ClN2O3. The minimum absolute atomic E-state index is 0.284. The molecule has 0 saturated carbocycles. The lowest BCUT2D eigenvalue weighted by Gasteiger charge is -2.19. The van der Waals surface area contributed by atoms with Gasteiger partial charge in [-0.05, 0) is 31.5 Å². The lowest BCUT2D eigenvalue weighted by atomic mass is 10.1. The summed E-state index contributed by atoms with van der Waals surface area (Å²) in [6.07, 6.45) is 1.74. The number of ether oxygens (including phenoxy) is 1. The molecule has 1 aromatic carbocycles. The molecule has 5 nitrogen and oxygen atoms in total. The second kappa shape index (κ2) is 5.54. The van der Waals surface area contributed by atoms with E-state index in [0.717, 1.165) is 5.56 Å². The number of hydrogen-bond acceptors (Lipinski definition) is 3. The van der Waals surface area contributed by atoms with Crippen molar-refractivity contribution in [2.75, 3.05) is 0 Å². The fourth-order valence-corrected chi connectivity index (χ4v) is 1.69. The van der Waals surface area contributed by atoms with Crippen molar-refractivity contribution in [3.8, 4) is 5.88 Å². The van der Waals surface area contributed by atoms with Crippen LogP contribution in [0.15, 0.2) is 36.5 Å². The molecule has 1 N–H and O–H groups in total. The molecule has 6 heteroatoms. The summed E-state index contributed by atoms with van der Waals surface area (Å²) in [5.74, 6) is -0.754. The van der Waals surface area contributed by atoms with Gasteiger partial charge in [-0.15, -0.1) is 5.10 Å². The fraction of sp³-hybridized carbons (Fsp3) is 0.286. The SMILES string of the molecule is CC(C)(Oc1ccn(Cc2ccc(Cl)cc2)n1)C(=O)O. The van der Waals surface area contributed by atoms with Crippen LogP contribution in [-0.4, -0.2) is 26.5 Å². The van der Waals surface area contributed by atoms with Gasteiger partial charge >= 0.3 is 5.97 Å². The molecule has 0 fully saturated rings. The van der Waals surface area contributed by atoms with Crippen LogP contribution in [0.2, 0.25) is 5.02 Å². The molecule has 0 radical (unpaired) electrons. The van der Waals surface area contributed by atoms with Crippen LogP contribution in [0.25, 0.3) is 0 Å². The van der Waals surface area contributed by atoms with E-state index in [9.17, 15) is 4.79 Å². The van der Waals surface area contributed by atoms with Gasteiger partial charge in [0.2, 0.25) is 11.5 Å². The highest BCUT2D eigenvalue weighted by Crippen LogP contribution is 2.17. The number of aromatic nitrogens is 2. The Morgan fingerprint density at radius 3 is 2.60 bits per heavy atom. The number of carbonyl (C=O) groups is 1. The lowest BCUT2D eigenvalue weighted by Crippen LogP contribution is -2.38.